The lowest BCUT2D eigenvalue weighted by atomic mass is 10.2. The lowest BCUT2D eigenvalue weighted by Crippen LogP contribution is -2.42. The fraction of sp³-hybridized carbons (Fsp3) is 0.556. The summed E-state index contributed by atoms with van der Waals surface area (Å²) < 4.78 is 11.1. The quantitative estimate of drug-likeness (QED) is 0.845. The van der Waals surface area contributed by atoms with E-state index in [0.717, 1.165) is 55.3 Å². The number of rotatable bonds is 7. The third kappa shape index (κ3) is 3.87. The maximum atomic E-state index is 12.5. The van der Waals surface area contributed by atoms with Gasteiger partial charge in [0.05, 0.1) is 31.1 Å². The Bertz CT molecular complexity index is 663. The fourth-order valence-corrected chi connectivity index (χ4v) is 3.16. The van der Waals surface area contributed by atoms with E-state index >= 15 is 0 Å². The van der Waals surface area contributed by atoms with Gasteiger partial charge in [0.1, 0.15) is 11.5 Å². The molecule has 1 saturated heterocycles. The molecule has 1 amide bonds. The van der Waals surface area contributed by atoms with Gasteiger partial charge in [0.15, 0.2) is 5.89 Å². The van der Waals surface area contributed by atoms with E-state index in [9.17, 15) is 4.79 Å². The minimum atomic E-state index is -0.112. The van der Waals surface area contributed by atoms with E-state index in [1.54, 1.807) is 6.26 Å². The number of nitrogens with zero attached hydrogens (tertiary/aromatic N) is 2. The Morgan fingerprint density at radius 3 is 3.12 bits per heavy atom. The van der Waals surface area contributed by atoms with Crippen molar-refractivity contribution in [3.8, 4) is 0 Å². The van der Waals surface area contributed by atoms with Gasteiger partial charge in [0, 0.05) is 6.42 Å². The van der Waals surface area contributed by atoms with Crippen LogP contribution in [0.2, 0.25) is 0 Å². The molecule has 0 bridgehead atoms. The number of aromatic nitrogens is 1. The van der Waals surface area contributed by atoms with Gasteiger partial charge in [0.25, 0.3) is 0 Å². The monoisotopic (exact) mass is 331 g/mol. The first-order valence-electron chi connectivity index (χ1n) is 8.66. The Balaban J connectivity index is 1.59. The summed E-state index contributed by atoms with van der Waals surface area (Å²) in [7, 11) is 0. The first-order chi connectivity index (χ1) is 11.7. The van der Waals surface area contributed by atoms with Gasteiger partial charge in [-0.05, 0) is 44.9 Å². The standard InChI is InChI=1S/C18H25N3O3/c1-3-6-17-20-13(2)16(24-17)12-21-9-4-8-15(21)18(22)19-11-14-7-5-10-23-14/h5,7,10,15H,3-4,6,8-9,11-12H2,1-2H3,(H,19,22). The summed E-state index contributed by atoms with van der Waals surface area (Å²) >= 11 is 0. The molecule has 2 aromatic rings. The molecule has 0 spiro atoms. The van der Waals surface area contributed by atoms with Gasteiger partial charge in [-0.3, -0.25) is 9.69 Å². The highest BCUT2D eigenvalue weighted by atomic mass is 16.4. The van der Waals surface area contributed by atoms with Crippen LogP contribution in [0.3, 0.4) is 0 Å². The molecule has 0 aromatic carbocycles. The molecule has 24 heavy (non-hydrogen) atoms. The Labute approximate surface area is 142 Å². The number of nitrogens with one attached hydrogen (secondary N) is 1. The molecule has 0 radical (unpaired) electrons. The number of carbonyl (C=O) groups is 1. The van der Waals surface area contributed by atoms with Crippen molar-refractivity contribution in [2.45, 2.75) is 58.7 Å². The zero-order chi connectivity index (χ0) is 16.9. The van der Waals surface area contributed by atoms with E-state index in [4.69, 9.17) is 8.83 Å². The first kappa shape index (κ1) is 16.8. The molecule has 1 aliphatic heterocycles. The van der Waals surface area contributed by atoms with Gasteiger partial charge in [0.2, 0.25) is 5.91 Å². The first-order valence-corrected chi connectivity index (χ1v) is 8.66. The predicted molar refractivity (Wildman–Crippen MR) is 89.2 cm³/mol. The average molecular weight is 331 g/mol. The molecular weight excluding hydrogens is 306 g/mol. The van der Waals surface area contributed by atoms with Crippen molar-refractivity contribution in [3.05, 3.63) is 41.5 Å². The van der Waals surface area contributed by atoms with Crippen molar-refractivity contribution in [3.63, 3.8) is 0 Å². The second-order valence-corrected chi connectivity index (χ2v) is 6.29. The van der Waals surface area contributed by atoms with Crippen molar-refractivity contribution < 1.29 is 13.6 Å². The molecule has 1 aliphatic rings. The van der Waals surface area contributed by atoms with E-state index in [0.29, 0.717) is 13.1 Å². The smallest absolute Gasteiger partial charge is 0.237 e. The van der Waals surface area contributed by atoms with Gasteiger partial charge >= 0.3 is 0 Å². The molecule has 6 heteroatoms. The number of oxazole rings is 1. The fourth-order valence-electron chi connectivity index (χ4n) is 3.16. The van der Waals surface area contributed by atoms with Gasteiger partial charge in [-0.15, -0.1) is 0 Å². The molecule has 1 N–H and O–H groups in total. The zero-order valence-electron chi connectivity index (χ0n) is 14.4. The summed E-state index contributed by atoms with van der Waals surface area (Å²) in [6, 6.07) is 3.57. The van der Waals surface area contributed by atoms with Gasteiger partial charge in [-0.2, -0.15) is 0 Å². The second-order valence-electron chi connectivity index (χ2n) is 6.29. The molecule has 2 aromatic heterocycles. The van der Waals surface area contributed by atoms with Crippen LogP contribution in [0.1, 0.15) is 49.3 Å². The Kier molecular flexibility index (Phi) is 5.35. The highest BCUT2D eigenvalue weighted by molar-refractivity contribution is 5.81. The van der Waals surface area contributed by atoms with Crippen LogP contribution >= 0.6 is 0 Å². The van der Waals surface area contributed by atoms with Crippen LogP contribution in [-0.2, 0) is 24.3 Å². The number of hydrogen-bond acceptors (Lipinski definition) is 5. The summed E-state index contributed by atoms with van der Waals surface area (Å²) in [5.74, 6) is 2.49. The highest BCUT2D eigenvalue weighted by Gasteiger charge is 2.31. The van der Waals surface area contributed by atoms with E-state index in [2.05, 4.69) is 22.1 Å². The van der Waals surface area contributed by atoms with Crippen molar-refractivity contribution in [1.82, 2.24) is 15.2 Å². The van der Waals surface area contributed by atoms with Crippen molar-refractivity contribution >= 4 is 5.91 Å². The van der Waals surface area contributed by atoms with Crippen molar-refractivity contribution in [2.75, 3.05) is 6.54 Å². The Morgan fingerprint density at radius 2 is 2.38 bits per heavy atom. The molecule has 0 aliphatic carbocycles. The van der Waals surface area contributed by atoms with E-state index < -0.39 is 0 Å². The third-order valence-corrected chi connectivity index (χ3v) is 4.43. The van der Waals surface area contributed by atoms with Gasteiger partial charge in [-0.1, -0.05) is 6.92 Å². The largest absolute Gasteiger partial charge is 0.467 e. The van der Waals surface area contributed by atoms with Gasteiger partial charge < -0.3 is 14.2 Å². The number of furan rings is 1. The third-order valence-electron chi connectivity index (χ3n) is 4.43. The summed E-state index contributed by atoms with van der Waals surface area (Å²) in [5, 5.41) is 2.96. The van der Waals surface area contributed by atoms with Crippen molar-refractivity contribution in [2.24, 2.45) is 0 Å². The molecular formula is C18H25N3O3. The topological polar surface area (TPSA) is 71.5 Å². The molecule has 3 heterocycles. The summed E-state index contributed by atoms with van der Waals surface area (Å²) in [4.78, 5) is 19.2. The maximum Gasteiger partial charge on any atom is 0.237 e. The average Bonchev–Trinajstić information content (AvgIpc) is 3.28. The zero-order valence-corrected chi connectivity index (χ0v) is 14.4. The van der Waals surface area contributed by atoms with E-state index in [1.165, 1.54) is 0 Å². The minimum Gasteiger partial charge on any atom is -0.467 e. The molecule has 130 valence electrons. The number of carbonyl (C=O) groups excluding carboxylic acids is 1. The Morgan fingerprint density at radius 1 is 1.50 bits per heavy atom. The predicted octanol–water partition coefficient (Wildman–Crippen LogP) is 2.81. The SMILES string of the molecule is CCCc1nc(C)c(CN2CCCC2C(=O)NCc2ccco2)o1. The molecule has 6 nitrogen and oxygen atoms in total. The van der Waals surface area contributed by atoms with Crippen LogP contribution in [0, 0.1) is 6.92 Å². The maximum absolute atomic E-state index is 12.5. The van der Waals surface area contributed by atoms with Crippen LogP contribution in [0.4, 0.5) is 0 Å². The second kappa shape index (κ2) is 7.66. The highest BCUT2D eigenvalue weighted by Crippen LogP contribution is 2.22. The molecule has 0 saturated carbocycles. The number of likely N-dealkylation sites (tertiary alicyclic amines) is 1. The minimum absolute atomic E-state index is 0.0508. The van der Waals surface area contributed by atoms with Crippen LogP contribution in [-0.4, -0.2) is 28.4 Å². The van der Waals surface area contributed by atoms with Gasteiger partial charge in [-0.25, -0.2) is 4.98 Å². The number of aryl methyl sites for hydroxylation is 2. The Hall–Kier alpha value is -2.08. The molecule has 1 unspecified atom stereocenters. The summed E-state index contributed by atoms with van der Waals surface area (Å²) in [5.41, 5.74) is 0.931. The number of hydrogen-bond donors (Lipinski definition) is 1. The van der Waals surface area contributed by atoms with Crippen LogP contribution in [0.5, 0.6) is 0 Å². The lowest BCUT2D eigenvalue weighted by Gasteiger charge is -2.22. The lowest BCUT2D eigenvalue weighted by molar-refractivity contribution is -0.125. The normalized spacial score (nSPS) is 18.2. The van der Waals surface area contributed by atoms with E-state index in [-0.39, 0.29) is 11.9 Å². The molecule has 1 fully saturated rings. The summed E-state index contributed by atoms with van der Waals surface area (Å²) in [6.07, 6.45) is 5.38. The van der Waals surface area contributed by atoms with Crippen LogP contribution < -0.4 is 5.32 Å². The number of amides is 1. The molecule has 3 rings (SSSR count). The molecule has 1 atom stereocenters. The van der Waals surface area contributed by atoms with Crippen molar-refractivity contribution in [1.29, 1.82) is 0 Å². The van der Waals surface area contributed by atoms with Crippen LogP contribution in [0.25, 0.3) is 0 Å². The summed E-state index contributed by atoms with van der Waals surface area (Å²) in [6.45, 7) is 6.06. The van der Waals surface area contributed by atoms with Crippen LogP contribution in [0.15, 0.2) is 27.2 Å². The van der Waals surface area contributed by atoms with E-state index in [1.807, 2.05) is 19.1 Å².